The molecule has 0 atom stereocenters. The van der Waals surface area contributed by atoms with Crippen LogP contribution in [0, 0.1) is 0 Å². The quantitative estimate of drug-likeness (QED) is 0.790. The first-order valence-electron chi connectivity index (χ1n) is 3.19. The molecule has 0 unspecified atom stereocenters. The van der Waals surface area contributed by atoms with E-state index in [0.29, 0.717) is 11.1 Å². The van der Waals surface area contributed by atoms with Crippen LogP contribution in [0.5, 0.6) is 0 Å². The highest BCUT2D eigenvalue weighted by atomic mass is 32.2. The van der Waals surface area contributed by atoms with E-state index in [9.17, 15) is 8.42 Å². The number of primary sulfonamides is 1. The van der Waals surface area contributed by atoms with Crippen molar-refractivity contribution in [2.45, 2.75) is 11.1 Å². The molecule has 1 rings (SSSR count). The van der Waals surface area contributed by atoms with Gasteiger partial charge in [-0.2, -0.15) is 0 Å². The Balaban J connectivity index is 3.36. The molecule has 0 saturated carbocycles. The highest BCUT2D eigenvalue weighted by Gasteiger charge is 2.15. The number of sulfonamides is 1. The normalized spacial score (nSPS) is 11.5. The topological polar surface area (TPSA) is 60.2 Å². The second-order valence-corrected chi connectivity index (χ2v) is 5.12. The zero-order valence-electron chi connectivity index (χ0n) is 6.57. The molecule has 0 radical (unpaired) electrons. The number of hydrogen-bond donors (Lipinski definition) is 1. The van der Waals surface area contributed by atoms with Crippen LogP contribution >= 0.6 is 11.3 Å². The lowest BCUT2D eigenvalue weighted by atomic mass is 10.2. The van der Waals surface area contributed by atoms with Gasteiger partial charge in [-0.1, -0.05) is 6.58 Å². The maximum absolute atomic E-state index is 11.0. The highest BCUT2D eigenvalue weighted by molar-refractivity contribution is 7.91. The van der Waals surface area contributed by atoms with Gasteiger partial charge in [0.15, 0.2) is 0 Å². The van der Waals surface area contributed by atoms with E-state index in [0.717, 1.165) is 11.3 Å². The van der Waals surface area contributed by atoms with Crippen molar-refractivity contribution in [2.24, 2.45) is 5.14 Å². The van der Waals surface area contributed by atoms with Crippen LogP contribution in [0.2, 0.25) is 0 Å². The molecule has 12 heavy (non-hydrogen) atoms. The second-order valence-electron chi connectivity index (χ2n) is 2.45. The van der Waals surface area contributed by atoms with Gasteiger partial charge in [0.25, 0.3) is 0 Å². The summed E-state index contributed by atoms with van der Waals surface area (Å²) in [6, 6.07) is 1.70. The third-order valence-electron chi connectivity index (χ3n) is 1.35. The van der Waals surface area contributed by atoms with Crippen LogP contribution in [-0.4, -0.2) is 8.42 Å². The molecule has 0 aliphatic carbocycles. The molecule has 5 heteroatoms. The van der Waals surface area contributed by atoms with Crippen molar-refractivity contribution in [3.8, 4) is 0 Å². The fraction of sp³-hybridized carbons (Fsp3) is 0.143. The molecule has 0 aliphatic heterocycles. The van der Waals surface area contributed by atoms with Crippen LogP contribution in [0.1, 0.15) is 12.5 Å². The van der Waals surface area contributed by atoms with E-state index in [1.807, 2.05) is 0 Å². The number of nitrogens with two attached hydrogens (primary N) is 1. The van der Waals surface area contributed by atoms with Gasteiger partial charge in [-0.3, -0.25) is 0 Å². The van der Waals surface area contributed by atoms with Gasteiger partial charge < -0.3 is 0 Å². The lowest BCUT2D eigenvalue weighted by molar-refractivity contribution is 0.599. The van der Waals surface area contributed by atoms with Crippen molar-refractivity contribution < 1.29 is 8.42 Å². The minimum atomic E-state index is -3.58. The molecular weight excluding hydrogens is 194 g/mol. The summed E-state index contributed by atoms with van der Waals surface area (Å²) in [5, 5.41) is 6.67. The van der Waals surface area contributed by atoms with Crippen LogP contribution in [-0.2, 0) is 10.0 Å². The first-order chi connectivity index (χ1) is 5.43. The summed E-state index contributed by atoms with van der Waals surface area (Å²) in [5.41, 5.74) is 1.32. The van der Waals surface area contributed by atoms with Crippen LogP contribution in [0.4, 0.5) is 0 Å². The monoisotopic (exact) mass is 203 g/mol. The summed E-state index contributed by atoms with van der Waals surface area (Å²) in [6.07, 6.45) is 0. The van der Waals surface area contributed by atoms with E-state index in [2.05, 4.69) is 6.58 Å². The van der Waals surface area contributed by atoms with E-state index >= 15 is 0 Å². The molecule has 66 valence electrons. The molecule has 0 saturated heterocycles. The van der Waals surface area contributed by atoms with Crippen molar-refractivity contribution in [2.75, 3.05) is 0 Å². The number of rotatable bonds is 2. The van der Waals surface area contributed by atoms with E-state index in [1.54, 1.807) is 18.4 Å². The maximum Gasteiger partial charge on any atom is 0.248 e. The van der Waals surface area contributed by atoms with E-state index in [1.165, 1.54) is 0 Å². The van der Waals surface area contributed by atoms with Crippen molar-refractivity contribution in [3.63, 3.8) is 0 Å². The largest absolute Gasteiger partial charge is 0.248 e. The van der Waals surface area contributed by atoms with Gasteiger partial charge in [0.1, 0.15) is 4.21 Å². The third-order valence-corrected chi connectivity index (χ3v) is 3.78. The standard InChI is InChI=1S/C7H9NO2S2/c1-5(2)6-3-4-11-7(6)12(8,9)10/h3-4H,1H2,2H3,(H2,8,9,10). The smallest absolute Gasteiger partial charge is 0.224 e. The predicted molar refractivity (Wildman–Crippen MR) is 50.4 cm³/mol. The average molecular weight is 203 g/mol. The summed E-state index contributed by atoms with van der Waals surface area (Å²) in [7, 11) is -3.58. The third kappa shape index (κ3) is 1.74. The Morgan fingerprint density at radius 1 is 1.67 bits per heavy atom. The van der Waals surface area contributed by atoms with E-state index in [-0.39, 0.29) is 4.21 Å². The van der Waals surface area contributed by atoms with Gasteiger partial charge in [-0.15, -0.1) is 11.3 Å². The van der Waals surface area contributed by atoms with Crippen molar-refractivity contribution >= 4 is 26.9 Å². The molecule has 1 aromatic rings. The summed E-state index contributed by atoms with van der Waals surface area (Å²) < 4.78 is 22.1. The summed E-state index contributed by atoms with van der Waals surface area (Å²) in [4.78, 5) is 0. The second kappa shape index (κ2) is 3.01. The highest BCUT2D eigenvalue weighted by Crippen LogP contribution is 2.26. The van der Waals surface area contributed by atoms with Crippen molar-refractivity contribution in [1.82, 2.24) is 0 Å². The summed E-state index contributed by atoms with van der Waals surface area (Å²) >= 11 is 1.11. The van der Waals surface area contributed by atoms with Crippen molar-refractivity contribution in [3.05, 3.63) is 23.6 Å². The molecule has 0 amide bonds. The lowest BCUT2D eigenvalue weighted by Crippen LogP contribution is -2.11. The Labute approximate surface area is 75.6 Å². The number of allylic oxidation sites excluding steroid dienone is 1. The Morgan fingerprint density at radius 2 is 2.25 bits per heavy atom. The Hall–Kier alpha value is -0.650. The van der Waals surface area contributed by atoms with Gasteiger partial charge in [0.2, 0.25) is 10.0 Å². The van der Waals surface area contributed by atoms with Gasteiger partial charge in [-0.05, 0) is 23.9 Å². The van der Waals surface area contributed by atoms with Crippen LogP contribution in [0.3, 0.4) is 0 Å². The molecule has 0 spiro atoms. The van der Waals surface area contributed by atoms with Gasteiger partial charge in [-0.25, -0.2) is 13.6 Å². The maximum atomic E-state index is 11.0. The predicted octanol–water partition coefficient (Wildman–Crippen LogP) is 1.43. The zero-order chi connectivity index (χ0) is 9.35. The van der Waals surface area contributed by atoms with Crippen molar-refractivity contribution in [1.29, 1.82) is 0 Å². The first kappa shape index (κ1) is 9.44. The molecule has 0 aliphatic rings. The number of thiophene rings is 1. The fourth-order valence-corrected chi connectivity index (χ4v) is 2.78. The van der Waals surface area contributed by atoms with Crippen LogP contribution in [0.25, 0.3) is 5.57 Å². The van der Waals surface area contributed by atoms with Gasteiger partial charge in [0.05, 0.1) is 0 Å². The molecule has 0 bridgehead atoms. The SMILES string of the molecule is C=C(C)c1ccsc1S(N)(=O)=O. The summed E-state index contributed by atoms with van der Waals surface area (Å²) in [6.45, 7) is 5.41. The van der Waals surface area contributed by atoms with E-state index in [4.69, 9.17) is 5.14 Å². The van der Waals surface area contributed by atoms with Crippen LogP contribution in [0.15, 0.2) is 22.2 Å². The van der Waals surface area contributed by atoms with E-state index < -0.39 is 10.0 Å². The van der Waals surface area contributed by atoms with Gasteiger partial charge in [0, 0.05) is 5.56 Å². The van der Waals surface area contributed by atoms with Crippen LogP contribution < -0.4 is 5.14 Å². The molecule has 1 heterocycles. The molecule has 1 aromatic heterocycles. The molecular formula is C7H9NO2S2. The average Bonchev–Trinajstić information content (AvgIpc) is 2.30. The Kier molecular flexibility index (Phi) is 2.36. The minimum absolute atomic E-state index is 0.190. The number of hydrogen-bond acceptors (Lipinski definition) is 3. The first-order valence-corrected chi connectivity index (χ1v) is 5.61. The zero-order valence-corrected chi connectivity index (χ0v) is 8.21. The molecule has 0 fully saturated rings. The fourth-order valence-electron chi connectivity index (χ4n) is 0.832. The lowest BCUT2D eigenvalue weighted by Gasteiger charge is -1.98. The molecule has 3 nitrogen and oxygen atoms in total. The Morgan fingerprint density at radius 3 is 2.58 bits per heavy atom. The minimum Gasteiger partial charge on any atom is -0.224 e. The molecule has 0 aromatic carbocycles. The summed E-state index contributed by atoms with van der Waals surface area (Å²) in [5.74, 6) is 0. The van der Waals surface area contributed by atoms with Gasteiger partial charge >= 0.3 is 0 Å². The molecule has 2 N–H and O–H groups in total. The Bertz CT molecular complexity index is 403.